The lowest BCUT2D eigenvalue weighted by Gasteiger charge is -2.20. The summed E-state index contributed by atoms with van der Waals surface area (Å²) in [4.78, 5) is 31.2. The number of ether oxygens (including phenoxy) is 1. The number of fused-ring (bicyclic) bond motifs is 1. The van der Waals surface area contributed by atoms with Crippen LogP contribution in [0.5, 0.6) is 5.75 Å². The molecule has 0 bridgehead atoms. The number of anilines is 1. The van der Waals surface area contributed by atoms with Crippen LogP contribution in [0.2, 0.25) is 0 Å². The second-order valence-electron chi connectivity index (χ2n) is 8.46. The van der Waals surface area contributed by atoms with Crippen molar-refractivity contribution in [3.8, 4) is 5.75 Å². The van der Waals surface area contributed by atoms with E-state index in [9.17, 15) is 14.0 Å². The van der Waals surface area contributed by atoms with Gasteiger partial charge >= 0.3 is 6.03 Å². The molecule has 3 amide bonds. The highest BCUT2D eigenvalue weighted by molar-refractivity contribution is 6.03. The predicted molar refractivity (Wildman–Crippen MR) is 124 cm³/mol. The number of likely N-dealkylation sites (N-methyl/N-ethyl adjacent to an activating group) is 1. The van der Waals surface area contributed by atoms with Crippen LogP contribution in [0.4, 0.5) is 19.3 Å². The molecule has 5 rings (SSSR count). The number of likely N-dealkylation sites (tertiary alicyclic amines) is 1. The normalized spacial score (nSPS) is 21.2. The first-order valence-electron chi connectivity index (χ1n) is 11.0. The summed E-state index contributed by atoms with van der Waals surface area (Å²) in [5, 5.41) is 8.26. The van der Waals surface area contributed by atoms with Gasteiger partial charge in [0.1, 0.15) is 17.4 Å². The van der Waals surface area contributed by atoms with Crippen molar-refractivity contribution in [1.29, 1.82) is 0 Å². The van der Waals surface area contributed by atoms with Gasteiger partial charge < -0.3 is 15.0 Å². The van der Waals surface area contributed by atoms with Crippen LogP contribution in [0.1, 0.15) is 17.0 Å². The predicted octanol–water partition coefficient (Wildman–Crippen LogP) is 2.01. The number of halogens is 2. The Kier molecular flexibility index (Phi) is 6.03. The molecule has 12 heteroatoms. The van der Waals surface area contributed by atoms with Gasteiger partial charge in [0.15, 0.2) is 5.84 Å². The van der Waals surface area contributed by atoms with E-state index >= 15 is 4.39 Å². The van der Waals surface area contributed by atoms with Crippen molar-refractivity contribution >= 4 is 29.7 Å². The largest absolute Gasteiger partial charge is 0.493 e. The summed E-state index contributed by atoms with van der Waals surface area (Å²) in [6.07, 6.45) is 1.91. The van der Waals surface area contributed by atoms with Crippen molar-refractivity contribution in [3.05, 3.63) is 59.2 Å². The molecule has 0 radical (unpaired) electrons. The van der Waals surface area contributed by atoms with Gasteiger partial charge in [-0.1, -0.05) is 0 Å². The molecule has 35 heavy (non-hydrogen) atoms. The molecule has 1 saturated heterocycles. The zero-order chi connectivity index (χ0) is 24.5. The number of nitrogens with one attached hydrogen (secondary N) is 3. The van der Waals surface area contributed by atoms with Gasteiger partial charge in [0.2, 0.25) is 5.91 Å². The van der Waals surface area contributed by atoms with E-state index in [2.05, 4.69) is 26.5 Å². The summed E-state index contributed by atoms with van der Waals surface area (Å²) in [6, 6.07) is 7.58. The number of urea groups is 1. The number of carbonyl (C=O) groups is 2. The van der Waals surface area contributed by atoms with Crippen molar-refractivity contribution in [2.24, 2.45) is 16.0 Å². The number of rotatable bonds is 5. The number of hydrazine groups is 2. The number of benzene rings is 2. The van der Waals surface area contributed by atoms with Gasteiger partial charge in [0.25, 0.3) is 0 Å². The first kappa shape index (κ1) is 22.7. The quantitative estimate of drug-likeness (QED) is 0.562. The molecule has 1 fully saturated rings. The molecule has 2 atom stereocenters. The number of amides is 3. The highest BCUT2D eigenvalue weighted by Gasteiger charge is 2.42. The highest BCUT2D eigenvalue weighted by Crippen LogP contribution is 2.38. The van der Waals surface area contributed by atoms with Crippen LogP contribution >= 0.6 is 0 Å². The van der Waals surface area contributed by atoms with Crippen LogP contribution in [0.25, 0.3) is 0 Å². The Morgan fingerprint density at radius 1 is 1.31 bits per heavy atom. The summed E-state index contributed by atoms with van der Waals surface area (Å²) in [7, 11) is 1.75. The maximum atomic E-state index is 15.1. The van der Waals surface area contributed by atoms with Gasteiger partial charge in [0, 0.05) is 43.9 Å². The third-order valence-electron chi connectivity index (χ3n) is 6.23. The summed E-state index contributed by atoms with van der Waals surface area (Å²) < 4.78 is 33.7. The van der Waals surface area contributed by atoms with E-state index in [0.717, 1.165) is 5.56 Å². The zero-order valence-electron chi connectivity index (χ0n) is 18.8. The Labute approximate surface area is 199 Å². The van der Waals surface area contributed by atoms with Crippen LogP contribution in [-0.2, 0) is 11.2 Å². The summed E-state index contributed by atoms with van der Waals surface area (Å²) in [5.41, 5.74) is 7.01. The lowest BCUT2D eigenvalue weighted by Crippen LogP contribution is -2.43. The fraction of sp³-hybridized carbons (Fsp3) is 0.304. The van der Waals surface area contributed by atoms with E-state index < -0.39 is 29.5 Å². The molecule has 0 spiro atoms. The summed E-state index contributed by atoms with van der Waals surface area (Å²) in [6.45, 7) is 0.890. The van der Waals surface area contributed by atoms with Gasteiger partial charge in [-0.05, 0) is 41.5 Å². The third-order valence-corrected chi connectivity index (χ3v) is 6.23. The van der Waals surface area contributed by atoms with Crippen molar-refractivity contribution < 1.29 is 23.1 Å². The van der Waals surface area contributed by atoms with Crippen molar-refractivity contribution in [1.82, 2.24) is 21.0 Å². The number of amidine groups is 1. The number of hydrogen-bond acceptors (Lipinski definition) is 7. The van der Waals surface area contributed by atoms with Crippen LogP contribution in [-0.4, -0.2) is 60.6 Å². The average molecular weight is 483 g/mol. The minimum Gasteiger partial charge on any atom is -0.493 e. The monoisotopic (exact) mass is 483 g/mol. The molecule has 182 valence electrons. The Morgan fingerprint density at radius 2 is 2.11 bits per heavy atom. The smallest absolute Gasteiger partial charge is 0.345 e. The van der Waals surface area contributed by atoms with Crippen molar-refractivity contribution in [2.75, 3.05) is 32.1 Å². The number of carbonyl (C=O) groups excluding carboxylic acids is 2. The highest BCUT2D eigenvalue weighted by atomic mass is 19.1. The number of nitrogens with zero attached hydrogens (tertiary/aromatic N) is 4. The molecule has 2 aromatic carbocycles. The standard InChI is InChI=1S/C23H23F2N7O3/c1-31-21(28-29-30-31)12-32-11-18(16-8-13-6-7-35-20(13)9-19(16)25)17(22(32)33)10-26-23(34)27-15-4-2-14(24)3-5-15/h2-5,8-10,17-18,29-30H,6-7,11-12H2,1H3,(H,27,34)/b26-10+/t17?,18-/m0/s1. The summed E-state index contributed by atoms with van der Waals surface area (Å²) >= 11 is 0. The molecule has 0 aromatic heterocycles. The van der Waals surface area contributed by atoms with E-state index in [1.54, 1.807) is 23.0 Å². The van der Waals surface area contributed by atoms with Gasteiger partial charge in [-0.3, -0.25) is 9.80 Å². The maximum absolute atomic E-state index is 15.1. The molecule has 3 aliphatic heterocycles. The molecule has 10 nitrogen and oxygen atoms in total. The van der Waals surface area contributed by atoms with Crippen LogP contribution < -0.4 is 21.1 Å². The second kappa shape index (κ2) is 9.29. The molecular formula is C23H23F2N7O3. The first-order chi connectivity index (χ1) is 16.9. The van der Waals surface area contributed by atoms with Crippen LogP contribution in [0, 0.1) is 17.6 Å². The second-order valence-corrected chi connectivity index (χ2v) is 8.46. The molecule has 3 N–H and O–H groups in total. The number of hydrogen-bond donors (Lipinski definition) is 3. The lowest BCUT2D eigenvalue weighted by atomic mass is 9.87. The van der Waals surface area contributed by atoms with Gasteiger partial charge in [-0.2, -0.15) is 0 Å². The fourth-order valence-electron chi connectivity index (χ4n) is 4.38. The summed E-state index contributed by atoms with van der Waals surface area (Å²) in [5.74, 6) is -1.55. The minimum absolute atomic E-state index is 0.188. The lowest BCUT2D eigenvalue weighted by molar-refractivity contribution is -0.128. The molecule has 2 aromatic rings. The Balaban J connectivity index is 1.40. The molecular weight excluding hydrogens is 460 g/mol. The van der Waals surface area contributed by atoms with Crippen LogP contribution in [0.3, 0.4) is 0 Å². The number of aliphatic imine (C=N–C) groups is 1. The van der Waals surface area contributed by atoms with E-state index in [4.69, 9.17) is 4.74 Å². The Bertz CT molecular complexity index is 1220. The van der Waals surface area contributed by atoms with E-state index in [1.165, 1.54) is 36.5 Å². The Hall–Kier alpha value is -4.06. The van der Waals surface area contributed by atoms with E-state index in [1.807, 2.05) is 0 Å². The topological polar surface area (TPSA) is 111 Å². The van der Waals surface area contributed by atoms with Crippen LogP contribution in [0.15, 0.2) is 46.5 Å². The molecule has 0 saturated carbocycles. The van der Waals surface area contributed by atoms with E-state index in [0.29, 0.717) is 35.9 Å². The first-order valence-corrected chi connectivity index (χ1v) is 11.0. The number of hydrazone groups is 1. The van der Waals surface area contributed by atoms with Crippen molar-refractivity contribution in [2.45, 2.75) is 12.3 Å². The third kappa shape index (κ3) is 4.64. The van der Waals surface area contributed by atoms with Gasteiger partial charge in [-0.15, -0.1) is 10.6 Å². The van der Waals surface area contributed by atoms with E-state index in [-0.39, 0.29) is 19.0 Å². The SMILES string of the molecule is CN1NNN=C1CN1C[C@@H](c2cc3c(cc2F)OCC3)C(/C=N/C(=O)Nc2ccc(F)cc2)C1=O. The maximum Gasteiger partial charge on any atom is 0.345 e. The van der Waals surface area contributed by atoms with Gasteiger partial charge in [-0.25, -0.2) is 24.1 Å². The molecule has 0 aliphatic carbocycles. The minimum atomic E-state index is -0.864. The van der Waals surface area contributed by atoms with Crippen molar-refractivity contribution in [3.63, 3.8) is 0 Å². The fourth-order valence-corrected chi connectivity index (χ4v) is 4.38. The average Bonchev–Trinajstić information content (AvgIpc) is 3.53. The molecule has 3 heterocycles. The molecule has 3 aliphatic rings. The van der Waals surface area contributed by atoms with Gasteiger partial charge in [0.05, 0.1) is 19.1 Å². The zero-order valence-corrected chi connectivity index (χ0v) is 18.8. The Morgan fingerprint density at radius 3 is 2.86 bits per heavy atom. The molecule has 1 unspecified atom stereocenters.